The first-order valence-corrected chi connectivity index (χ1v) is 13.7. The minimum atomic E-state index is -0.453. The molecule has 36 heavy (non-hydrogen) atoms. The van der Waals surface area contributed by atoms with Crippen LogP contribution in [0.25, 0.3) is 6.08 Å². The molecule has 1 aromatic carbocycles. The van der Waals surface area contributed by atoms with Crippen LogP contribution < -0.4 is 4.90 Å². The van der Waals surface area contributed by atoms with Gasteiger partial charge in [-0.1, -0.05) is 56.4 Å². The van der Waals surface area contributed by atoms with Crippen LogP contribution in [0.2, 0.25) is 0 Å². The number of carbonyl (C=O) groups is 1. The van der Waals surface area contributed by atoms with Crippen molar-refractivity contribution in [2.75, 3.05) is 31.1 Å². The largest absolute Gasteiger partial charge is 0.444 e. The molecule has 1 aliphatic heterocycles. The Morgan fingerprint density at radius 3 is 2.39 bits per heavy atom. The van der Waals surface area contributed by atoms with E-state index in [0.717, 1.165) is 25.4 Å². The summed E-state index contributed by atoms with van der Waals surface area (Å²) in [6.07, 6.45) is 11.4. The number of ether oxygens (including phenoxy) is 1. The van der Waals surface area contributed by atoms with Gasteiger partial charge in [-0.25, -0.2) is 4.79 Å². The molecule has 2 fully saturated rings. The van der Waals surface area contributed by atoms with Crippen LogP contribution in [0.3, 0.4) is 0 Å². The van der Waals surface area contributed by atoms with Crippen LogP contribution >= 0.6 is 0 Å². The molecule has 1 saturated heterocycles. The summed E-state index contributed by atoms with van der Waals surface area (Å²) in [4.78, 5) is 16.5. The molecule has 1 aliphatic carbocycles. The molecule has 198 valence electrons. The first kappa shape index (κ1) is 28.1. The average molecular weight is 493 g/mol. The van der Waals surface area contributed by atoms with Gasteiger partial charge < -0.3 is 14.5 Å². The van der Waals surface area contributed by atoms with Crippen LogP contribution in [0.4, 0.5) is 10.5 Å². The Morgan fingerprint density at radius 2 is 1.83 bits per heavy atom. The monoisotopic (exact) mass is 492 g/mol. The number of hydrogen-bond acceptors (Lipinski definition) is 3. The van der Waals surface area contributed by atoms with Crippen molar-refractivity contribution < 1.29 is 9.53 Å². The molecule has 0 radical (unpaired) electrons. The summed E-state index contributed by atoms with van der Waals surface area (Å²) >= 11 is 0. The second-order valence-corrected chi connectivity index (χ2v) is 12.3. The first-order valence-electron chi connectivity index (χ1n) is 13.7. The van der Waals surface area contributed by atoms with Crippen molar-refractivity contribution >= 4 is 17.9 Å². The second kappa shape index (κ2) is 11.7. The Balaban J connectivity index is 1.48. The molecule has 0 bridgehead atoms. The van der Waals surface area contributed by atoms with Crippen LogP contribution in [-0.4, -0.2) is 42.8 Å². The summed E-state index contributed by atoms with van der Waals surface area (Å²) < 4.78 is 5.51. The Bertz CT molecular complexity index is 934. The zero-order chi connectivity index (χ0) is 26.5. The second-order valence-electron chi connectivity index (χ2n) is 12.3. The molecule has 0 N–H and O–H groups in total. The maximum absolute atomic E-state index is 12.3. The van der Waals surface area contributed by atoms with Crippen LogP contribution in [0.15, 0.2) is 55.1 Å². The third-order valence-electron chi connectivity index (χ3n) is 8.26. The van der Waals surface area contributed by atoms with Gasteiger partial charge in [0.25, 0.3) is 0 Å². The predicted molar refractivity (Wildman–Crippen MR) is 153 cm³/mol. The summed E-state index contributed by atoms with van der Waals surface area (Å²) in [5.74, 6) is 1.95. The van der Waals surface area contributed by atoms with Gasteiger partial charge in [-0.2, -0.15) is 0 Å². The van der Waals surface area contributed by atoms with E-state index < -0.39 is 5.60 Å². The molecule has 4 atom stereocenters. The number of rotatable bonds is 7. The van der Waals surface area contributed by atoms with Gasteiger partial charge >= 0.3 is 6.09 Å². The van der Waals surface area contributed by atoms with Crippen molar-refractivity contribution in [3.05, 3.63) is 60.7 Å². The minimum absolute atomic E-state index is 0.196. The van der Waals surface area contributed by atoms with E-state index in [0.29, 0.717) is 24.9 Å². The first-order chi connectivity index (χ1) is 16.9. The van der Waals surface area contributed by atoms with Crippen LogP contribution in [0.1, 0.15) is 72.8 Å². The molecule has 2 aliphatic rings. The SMILES string of the molecule is C=C[C@]1(C)CC[C@@H](C(C)C/C=C/c2ccc(N3CCN(C(=O)OC(C)(C)C)CC3)cc2)C[C@H]1C(=C)C. The number of carbonyl (C=O) groups excluding carboxylic acids is 1. The normalized spacial score (nSPS) is 26.1. The van der Waals surface area contributed by atoms with Gasteiger partial charge in [-0.15, -0.1) is 6.58 Å². The van der Waals surface area contributed by atoms with Crippen molar-refractivity contribution in [1.82, 2.24) is 4.90 Å². The molecule has 1 heterocycles. The number of anilines is 1. The lowest BCUT2D eigenvalue weighted by Gasteiger charge is -2.45. The Labute approximate surface area is 220 Å². The zero-order valence-electron chi connectivity index (χ0n) is 23.6. The highest BCUT2D eigenvalue weighted by Crippen LogP contribution is 2.49. The van der Waals surface area contributed by atoms with Gasteiger partial charge in [-0.05, 0) is 94.2 Å². The number of hydrogen-bond donors (Lipinski definition) is 0. The highest BCUT2D eigenvalue weighted by molar-refractivity contribution is 5.68. The fraction of sp³-hybridized carbons (Fsp3) is 0.594. The molecule has 3 rings (SSSR count). The third-order valence-corrected chi connectivity index (χ3v) is 8.26. The molecule has 1 unspecified atom stereocenters. The van der Waals surface area contributed by atoms with Gasteiger partial charge in [-0.3, -0.25) is 0 Å². The van der Waals surface area contributed by atoms with E-state index in [1.165, 1.54) is 36.1 Å². The lowest BCUT2D eigenvalue weighted by atomic mass is 9.60. The molecule has 1 aromatic rings. The summed E-state index contributed by atoms with van der Waals surface area (Å²) in [5, 5.41) is 0. The lowest BCUT2D eigenvalue weighted by molar-refractivity contribution is 0.0240. The summed E-state index contributed by atoms with van der Waals surface area (Å²) in [6, 6.07) is 8.79. The van der Waals surface area contributed by atoms with E-state index in [4.69, 9.17) is 4.74 Å². The zero-order valence-corrected chi connectivity index (χ0v) is 23.6. The van der Waals surface area contributed by atoms with Gasteiger partial charge in [0.15, 0.2) is 0 Å². The Kier molecular flexibility index (Phi) is 9.13. The molecule has 1 saturated carbocycles. The van der Waals surface area contributed by atoms with Crippen LogP contribution in [0.5, 0.6) is 0 Å². The van der Waals surface area contributed by atoms with Crippen molar-refractivity contribution in [3.8, 4) is 0 Å². The van der Waals surface area contributed by atoms with E-state index in [2.05, 4.69) is 81.3 Å². The number of nitrogens with zero attached hydrogens (tertiary/aromatic N) is 2. The van der Waals surface area contributed by atoms with E-state index in [1.54, 1.807) is 0 Å². The maximum atomic E-state index is 12.3. The van der Waals surface area contributed by atoms with Crippen molar-refractivity contribution in [2.45, 2.75) is 72.8 Å². The maximum Gasteiger partial charge on any atom is 0.410 e. The van der Waals surface area contributed by atoms with Crippen LogP contribution in [-0.2, 0) is 4.74 Å². The van der Waals surface area contributed by atoms with Gasteiger partial charge in [0, 0.05) is 31.9 Å². The minimum Gasteiger partial charge on any atom is -0.444 e. The fourth-order valence-corrected chi connectivity index (χ4v) is 5.77. The quantitative estimate of drug-likeness (QED) is 0.362. The molecule has 1 amide bonds. The molecule has 0 aromatic heterocycles. The predicted octanol–water partition coefficient (Wildman–Crippen LogP) is 7.97. The standard InChI is InChI=1S/C32H48N2O2/c1-9-32(8)18-17-27(23-29(32)24(2)3)25(4)11-10-12-26-13-15-28(16-14-26)33-19-21-34(22-20-33)30(35)36-31(5,6)7/h9-10,12-16,25,27,29H,1-2,11,17-23H2,3-8H3/b12-10+/t25?,27-,29+,32-/m1/s1. The molecular formula is C32H48N2O2. The summed E-state index contributed by atoms with van der Waals surface area (Å²) in [5.41, 5.74) is 3.49. The smallest absolute Gasteiger partial charge is 0.410 e. The molecular weight excluding hydrogens is 444 g/mol. The third kappa shape index (κ3) is 7.27. The Hall–Kier alpha value is -2.49. The highest BCUT2D eigenvalue weighted by Gasteiger charge is 2.39. The van der Waals surface area contributed by atoms with Gasteiger partial charge in [0.2, 0.25) is 0 Å². The van der Waals surface area contributed by atoms with Gasteiger partial charge in [0.1, 0.15) is 5.60 Å². The number of benzene rings is 1. The van der Waals surface area contributed by atoms with Crippen molar-refractivity contribution in [1.29, 1.82) is 0 Å². The fourth-order valence-electron chi connectivity index (χ4n) is 5.77. The van der Waals surface area contributed by atoms with E-state index >= 15 is 0 Å². The molecule has 4 heteroatoms. The molecule has 0 spiro atoms. The van der Waals surface area contributed by atoms with E-state index in [-0.39, 0.29) is 11.5 Å². The van der Waals surface area contributed by atoms with Crippen molar-refractivity contribution in [3.63, 3.8) is 0 Å². The number of piperazine rings is 1. The number of allylic oxidation sites excluding steroid dienone is 3. The lowest BCUT2D eigenvalue weighted by Crippen LogP contribution is -2.50. The van der Waals surface area contributed by atoms with E-state index in [9.17, 15) is 4.79 Å². The number of amides is 1. The highest BCUT2D eigenvalue weighted by atomic mass is 16.6. The average Bonchev–Trinajstić information content (AvgIpc) is 2.83. The Morgan fingerprint density at radius 1 is 1.19 bits per heavy atom. The van der Waals surface area contributed by atoms with E-state index in [1.807, 2.05) is 25.7 Å². The molecule has 4 nitrogen and oxygen atoms in total. The van der Waals surface area contributed by atoms with Gasteiger partial charge in [0.05, 0.1) is 0 Å². The van der Waals surface area contributed by atoms with Crippen molar-refractivity contribution in [2.24, 2.45) is 23.2 Å². The summed E-state index contributed by atoms with van der Waals surface area (Å²) in [6.45, 7) is 24.1. The topological polar surface area (TPSA) is 32.8 Å². The summed E-state index contributed by atoms with van der Waals surface area (Å²) in [7, 11) is 0. The van der Waals surface area contributed by atoms with Crippen LogP contribution in [0, 0.1) is 23.2 Å².